The number of rotatable bonds is 10. The molecule has 1 aromatic heterocycles. The normalized spacial score (nSPS) is 16.1. The number of aliphatic hydroxyl groups is 1. The van der Waals surface area contributed by atoms with E-state index in [0.717, 1.165) is 47.8 Å². The molecule has 0 spiro atoms. The number of thiazole rings is 1. The van der Waals surface area contributed by atoms with Crippen LogP contribution in [0.2, 0.25) is 0 Å². The van der Waals surface area contributed by atoms with Gasteiger partial charge < -0.3 is 20.6 Å². The van der Waals surface area contributed by atoms with Crippen molar-refractivity contribution < 1.29 is 23.5 Å². The number of amides is 2. The van der Waals surface area contributed by atoms with E-state index < -0.39 is 29.7 Å². The molecule has 0 radical (unpaired) electrons. The summed E-state index contributed by atoms with van der Waals surface area (Å²) in [5.41, 5.74) is 2.40. The molecular formula is C33H34F2N4O3S. The van der Waals surface area contributed by atoms with Crippen LogP contribution < -0.4 is 10.6 Å². The molecule has 0 saturated carbocycles. The molecule has 4 aromatic rings. The minimum absolute atomic E-state index is 0.0549. The Bertz CT molecular complexity index is 1590. The minimum Gasteiger partial charge on any atom is -0.389 e. The lowest BCUT2D eigenvalue weighted by Crippen LogP contribution is -2.52. The number of aliphatic hydroxyl groups excluding tert-OH is 1. The number of carbonyl (C=O) groups is 2. The van der Waals surface area contributed by atoms with Crippen molar-refractivity contribution in [3.63, 3.8) is 0 Å². The van der Waals surface area contributed by atoms with Crippen LogP contribution in [0.15, 0.2) is 72.1 Å². The van der Waals surface area contributed by atoms with Gasteiger partial charge in [-0.1, -0.05) is 30.3 Å². The summed E-state index contributed by atoms with van der Waals surface area (Å²) in [5, 5.41) is 20.2. The summed E-state index contributed by atoms with van der Waals surface area (Å²) in [6.45, 7) is 2.92. The molecule has 0 aliphatic carbocycles. The number of aromatic nitrogens is 1. The Kier molecular flexibility index (Phi) is 9.59. The Hall–Kier alpha value is -3.99. The van der Waals surface area contributed by atoms with Gasteiger partial charge in [0.1, 0.15) is 16.6 Å². The van der Waals surface area contributed by atoms with Gasteiger partial charge in [0.15, 0.2) is 0 Å². The Morgan fingerprint density at radius 2 is 1.88 bits per heavy atom. The summed E-state index contributed by atoms with van der Waals surface area (Å²) < 4.78 is 28.6. The molecule has 3 N–H and O–H groups in total. The Morgan fingerprint density at radius 3 is 2.56 bits per heavy atom. The topological polar surface area (TPSA) is 94.6 Å². The summed E-state index contributed by atoms with van der Waals surface area (Å²) in [6.07, 6.45) is 1.24. The number of carbonyl (C=O) groups excluding carboxylic acids is 2. The van der Waals surface area contributed by atoms with Crippen LogP contribution in [0.25, 0.3) is 11.1 Å². The number of nitrogens with one attached hydrogen (secondary N) is 2. The summed E-state index contributed by atoms with van der Waals surface area (Å²) >= 11 is 1.44. The second kappa shape index (κ2) is 13.5. The van der Waals surface area contributed by atoms with Gasteiger partial charge in [0.2, 0.25) is 0 Å². The van der Waals surface area contributed by atoms with Crippen LogP contribution >= 0.6 is 11.3 Å². The second-order valence-corrected chi connectivity index (χ2v) is 11.9. The van der Waals surface area contributed by atoms with Gasteiger partial charge in [-0.3, -0.25) is 9.59 Å². The van der Waals surface area contributed by atoms with E-state index in [9.17, 15) is 23.5 Å². The third-order valence-corrected chi connectivity index (χ3v) is 8.56. The van der Waals surface area contributed by atoms with Gasteiger partial charge >= 0.3 is 0 Å². The van der Waals surface area contributed by atoms with Crippen molar-refractivity contribution in [2.75, 3.05) is 13.6 Å². The van der Waals surface area contributed by atoms with E-state index in [2.05, 4.69) is 15.6 Å². The van der Waals surface area contributed by atoms with Crippen LogP contribution in [0.5, 0.6) is 0 Å². The first-order valence-electron chi connectivity index (χ1n) is 14.2. The molecule has 2 amide bonds. The number of halogens is 2. The average Bonchev–Trinajstić information content (AvgIpc) is 3.68. The van der Waals surface area contributed by atoms with Crippen molar-refractivity contribution in [2.24, 2.45) is 0 Å². The zero-order valence-corrected chi connectivity index (χ0v) is 24.8. The molecule has 7 nitrogen and oxygen atoms in total. The van der Waals surface area contributed by atoms with Gasteiger partial charge in [0, 0.05) is 46.9 Å². The van der Waals surface area contributed by atoms with Crippen molar-refractivity contribution in [3.05, 3.63) is 111 Å². The Morgan fingerprint density at radius 1 is 1.12 bits per heavy atom. The molecular weight excluding hydrogens is 570 g/mol. The number of aryl methyl sites for hydroxylation is 1. The Labute approximate surface area is 253 Å². The van der Waals surface area contributed by atoms with Crippen molar-refractivity contribution in [1.29, 1.82) is 0 Å². The van der Waals surface area contributed by atoms with E-state index in [1.165, 1.54) is 40.5 Å². The summed E-state index contributed by atoms with van der Waals surface area (Å²) in [7, 11) is 1.63. The predicted molar refractivity (Wildman–Crippen MR) is 163 cm³/mol. The van der Waals surface area contributed by atoms with E-state index in [0.29, 0.717) is 6.42 Å². The minimum atomic E-state index is -0.863. The molecule has 1 fully saturated rings. The van der Waals surface area contributed by atoms with Crippen molar-refractivity contribution in [3.8, 4) is 11.1 Å². The predicted octanol–water partition coefficient (Wildman–Crippen LogP) is 5.12. The molecule has 1 saturated heterocycles. The zero-order valence-electron chi connectivity index (χ0n) is 24.0. The quantitative estimate of drug-likeness (QED) is 0.234. The summed E-state index contributed by atoms with van der Waals surface area (Å²) in [5.74, 6) is -2.45. The number of hydrogen-bond acceptors (Lipinski definition) is 6. The first kappa shape index (κ1) is 30.5. The van der Waals surface area contributed by atoms with Gasteiger partial charge in [0.25, 0.3) is 11.8 Å². The van der Waals surface area contributed by atoms with E-state index in [4.69, 9.17) is 0 Å². The molecule has 10 heteroatoms. The molecule has 1 aliphatic rings. The molecule has 0 bridgehead atoms. The van der Waals surface area contributed by atoms with Gasteiger partial charge in [-0.05, 0) is 74.2 Å². The van der Waals surface area contributed by atoms with Crippen LogP contribution in [0.1, 0.15) is 49.8 Å². The SMILES string of the molecule is Cc1csc(CN(C)C(=O)c2cc(C(=O)NC(Cc3ccccc3)C(O)C3CCCN3)cc(-c3ccc(F)cc3F)c2)n1. The number of benzene rings is 3. The highest BCUT2D eigenvalue weighted by atomic mass is 32.1. The largest absolute Gasteiger partial charge is 0.389 e. The van der Waals surface area contributed by atoms with Gasteiger partial charge in [-0.2, -0.15) is 0 Å². The van der Waals surface area contributed by atoms with Crippen LogP contribution in [0, 0.1) is 18.6 Å². The lowest BCUT2D eigenvalue weighted by molar-refractivity contribution is 0.0737. The standard InChI is InChI=1S/C33H34F2N4O3S/c1-20-19-43-30(37-20)18-39(2)33(42)24-15-22(26-11-10-25(34)17-27(26)35)14-23(16-24)32(41)38-29(13-21-7-4-3-5-8-21)31(40)28-9-6-12-36-28/h3-5,7-8,10-11,14-17,19,28-29,31,36,40H,6,9,12-13,18H2,1-2H3,(H,38,41). The molecule has 43 heavy (non-hydrogen) atoms. The van der Waals surface area contributed by atoms with Crippen LogP contribution in [0.4, 0.5) is 8.78 Å². The summed E-state index contributed by atoms with van der Waals surface area (Å²) in [6, 6.07) is 16.4. The monoisotopic (exact) mass is 604 g/mol. The third kappa shape index (κ3) is 7.51. The third-order valence-electron chi connectivity index (χ3n) is 7.61. The first-order chi connectivity index (χ1) is 20.7. The maximum absolute atomic E-state index is 14.9. The number of nitrogens with zero attached hydrogens (tertiary/aromatic N) is 2. The maximum Gasteiger partial charge on any atom is 0.254 e. The van der Waals surface area contributed by atoms with Crippen molar-refractivity contribution in [2.45, 2.75) is 50.9 Å². The van der Waals surface area contributed by atoms with Crippen LogP contribution in [0.3, 0.4) is 0 Å². The Balaban J connectivity index is 1.48. The molecule has 3 atom stereocenters. The molecule has 1 aliphatic heterocycles. The highest BCUT2D eigenvalue weighted by Crippen LogP contribution is 2.27. The second-order valence-electron chi connectivity index (χ2n) is 10.9. The highest BCUT2D eigenvalue weighted by Gasteiger charge is 2.31. The molecule has 5 rings (SSSR count). The van der Waals surface area contributed by atoms with E-state index in [1.54, 1.807) is 7.05 Å². The fourth-order valence-electron chi connectivity index (χ4n) is 5.39. The average molecular weight is 605 g/mol. The van der Waals surface area contributed by atoms with Crippen LogP contribution in [-0.4, -0.2) is 58.6 Å². The molecule has 2 heterocycles. The van der Waals surface area contributed by atoms with E-state index >= 15 is 0 Å². The van der Waals surface area contributed by atoms with E-state index in [1.807, 2.05) is 42.6 Å². The van der Waals surface area contributed by atoms with Crippen molar-refractivity contribution in [1.82, 2.24) is 20.5 Å². The fraction of sp³-hybridized carbons (Fsp3) is 0.303. The first-order valence-corrected chi connectivity index (χ1v) is 15.1. The van der Waals surface area contributed by atoms with Gasteiger partial charge in [-0.15, -0.1) is 11.3 Å². The van der Waals surface area contributed by atoms with Gasteiger partial charge in [0.05, 0.1) is 18.7 Å². The van der Waals surface area contributed by atoms with E-state index in [-0.39, 0.29) is 40.7 Å². The lowest BCUT2D eigenvalue weighted by atomic mass is 9.94. The smallest absolute Gasteiger partial charge is 0.254 e. The summed E-state index contributed by atoms with van der Waals surface area (Å²) in [4.78, 5) is 33.3. The highest BCUT2D eigenvalue weighted by molar-refractivity contribution is 7.09. The van der Waals surface area contributed by atoms with Crippen molar-refractivity contribution >= 4 is 23.2 Å². The molecule has 224 valence electrons. The van der Waals surface area contributed by atoms with Gasteiger partial charge in [-0.25, -0.2) is 13.8 Å². The number of hydrogen-bond donors (Lipinski definition) is 3. The lowest BCUT2D eigenvalue weighted by Gasteiger charge is -2.29. The zero-order chi connectivity index (χ0) is 30.5. The molecule has 3 aromatic carbocycles. The van der Waals surface area contributed by atoms with Crippen LogP contribution in [-0.2, 0) is 13.0 Å². The maximum atomic E-state index is 14.9. The fourth-order valence-corrected chi connectivity index (χ4v) is 6.22. The molecule has 3 unspecified atom stereocenters.